The highest BCUT2D eigenvalue weighted by molar-refractivity contribution is 6.02. The summed E-state index contributed by atoms with van der Waals surface area (Å²) >= 11 is 0. The van der Waals surface area contributed by atoms with Crippen LogP contribution < -0.4 is 0 Å². The molecule has 5 heteroatoms. The van der Waals surface area contributed by atoms with Crippen LogP contribution in [-0.4, -0.2) is 35.3 Å². The number of nitrogens with zero attached hydrogens (tertiary/aromatic N) is 1. The van der Waals surface area contributed by atoms with Crippen LogP contribution in [0.3, 0.4) is 0 Å². The van der Waals surface area contributed by atoms with Crippen LogP contribution >= 0.6 is 0 Å². The molecule has 1 saturated heterocycles. The fourth-order valence-corrected chi connectivity index (χ4v) is 0.940. The van der Waals surface area contributed by atoms with Crippen LogP contribution in [0.15, 0.2) is 0 Å². The minimum Gasteiger partial charge on any atom is -0.436 e. The van der Waals surface area contributed by atoms with E-state index in [1.807, 2.05) is 0 Å². The second-order valence-electron chi connectivity index (χ2n) is 2.65. The molecule has 1 rings (SSSR count). The molecular weight excluding hydrogens is 162 g/mol. The van der Waals surface area contributed by atoms with Crippen molar-refractivity contribution in [3.8, 4) is 0 Å². The van der Waals surface area contributed by atoms with Gasteiger partial charge >= 0.3 is 6.09 Å². The average molecular weight is 171 g/mol. The maximum Gasteiger partial charge on any atom is 0.417 e. The van der Waals surface area contributed by atoms with E-state index in [2.05, 4.69) is 4.74 Å². The lowest BCUT2D eigenvalue weighted by Gasteiger charge is -2.06. The summed E-state index contributed by atoms with van der Waals surface area (Å²) in [6, 6.07) is 0. The van der Waals surface area contributed by atoms with Crippen molar-refractivity contribution in [3.05, 3.63) is 0 Å². The van der Waals surface area contributed by atoms with Gasteiger partial charge in [0.05, 0.1) is 6.54 Å². The summed E-state index contributed by atoms with van der Waals surface area (Å²) in [5.41, 5.74) is 0. The lowest BCUT2D eigenvalue weighted by atomic mass is 10.3. The van der Waals surface area contributed by atoms with E-state index in [0.29, 0.717) is 0 Å². The fraction of sp³-hybridized carbons (Fsp3) is 0.571. The van der Waals surface area contributed by atoms with Crippen LogP contribution in [0.1, 0.15) is 13.8 Å². The van der Waals surface area contributed by atoms with Crippen molar-refractivity contribution in [2.75, 3.05) is 6.54 Å². The number of ether oxygens (including phenoxy) is 1. The Hall–Kier alpha value is -1.39. The highest BCUT2D eigenvalue weighted by Crippen LogP contribution is 2.11. The van der Waals surface area contributed by atoms with Crippen LogP contribution in [0, 0.1) is 0 Å². The lowest BCUT2D eigenvalue weighted by molar-refractivity contribution is -0.131. The number of imide groups is 1. The van der Waals surface area contributed by atoms with Crippen molar-refractivity contribution < 1.29 is 19.1 Å². The van der Waals surface area contributed by atoms with Crippen LogP contribution in [0.5, 0.6) is 0 Å². The Balaban J connectivity index is 2.70. The smallest absolute Gasteiger partial charge is 0.417 e. The summed E-state index contributed by atoms with van der Waals surface area (Å²) in [5.74, 6) is -0.690. The first-order chi connectivity index (χ1) is 5.52. The third-order valence-electron chi connectivity index (χ3n) is 1.49. The molecule has 1 fully saturated rings. The third kappa shape index (κ3) is 1.44. The molecule has 0 aromatic heterocycles. The summed E-state index contributed by atoms with van der Waals surface area (Å²) in [5, 5.41) is 0. The number of Topliss-reactive ketones (excluding diaryl/α,β-unsaturated/α-hetero) is 1. The van der Waals surface area contributed by atoms with E-state index < -0.39 is 18.1 Å². The van der Waals surface area contributed by atoms with Crippen molar-refractivity contribution in [1.82, 2.24) is 4.90 Å². The molecule has 2 amide bonds. The predicted molar refractivity (Wildman–Crippen MR) is 38.3 cm³/mol. The molecule has 5 nitrogen and oxygen atoms in total. The summed E-state index contributed by atoms with van der Waals surface area (Å²) in [6.07, 6.45) is -1.49. The molecule has 0 aliphatic carbocycles. The minimum absolute atomic E-state index is 0.192. The van der Waals surface area contributed by atoms with Gasteiger partial charge in [-0.3, -0.25) is 9.59 Å². The number of carbonyl (C=O) groups is 3. The van der Waals surface area contributed by atoms with Gasteiger partial charge in [-0.05, 0) is 13.8 Å². The first-order valence-corrected chi connectivity index (χ1v) is 3.54. The number of hydrogen-bond acceptors (Lipinski definition) is 4. The molecule has 0 saturated carbocycles. The van der Waals surface area contributed by atoms with Crippen molar-refractivity contribution in [3.63, 3.8) is 0 Å². The Kier molecular flexibility index (Phi) is 2.12. The highest BCUT2D eigenvalue weighted by atomic mass is 16.6. The first-order valence-electron chi connectivity index (χ1n) is 3.54. The summed E-state index contributed by atoms with van der Waals surface area (Å²) in [7, 11) is 0. The zero-order chi connectivity index (χ0) is 9.30. The van der Waals surface area contributed by atoms with Crippen LogP contribution in [0.2, 0.25) is 0 Å². The zero-order valence-corrected chi connectivity index (χ0v) is 6.86. The van der Waals surface area contributed by atoms with Gasteiger partial charge in [-0.15, -0.1) is 0 Å². The molecule has 0 spiro atoms. The van der Waals surface area contributed by atoms with Crippen LogP contribution in [0.25, 0.3) is 0 Å². The largest absolute Gasteiger partial charge is 0.436 e. The maximum atomic E-state index is 11.1. The number of carbonyl (C=O) groups excluding carboxylic acids is 3. The molecule has 1 aliphatic heterocycles. The van der Waals surface area contributed by atoms with Crippen molar-refractivity contribution in [2.24, 2.45) is 0 Å². The molecule has 0 aromatic carbocycles. The standard InChI is InChI=1S/C7H9NO4/c1-4(9)3-8-6(10)5(2)12-7(8)11/h5H,3H2,1-2H3. The SMILES string of the molecule is CC(=O)CN1C(=O)OC(C)C1=O. The van der Waals surface area contributed by atoms with Crippen LogP contribution in [-0.2, 0) is 14.3 Å². The van der Waals surface area contributed by atoms with Gasteiger partial charge in [-0.25, -0.2) is 9.69 Å². The quantitative estimate of drug-likeness (QED) is 0.584. The fourth-order valence-electron chi connectivity index (χ4n) is 0.940. The van der Waals surface area contributed by atoms with Gasteiger partial charge in [-0.1, -0.05) is 0 Å². The van der Waals surface area contributed by atoms with Gasteiger partial charge in [0.25, 0.3) is 5.91 Å². The number of rotatable bonds is 2. The number of amides is 2. The molecule has 0 radical (unpaired) electrons. The zero-order valence-electron chi connectivity index (χ0n) is 6.86. The molecule has 12 heavy (non-hydrogen) atoms. The van der Waals surface area contributed by atoms with E-state index in [1.165, 1.54) is 13.8 Å². The summed E-state index contributed by atoms with van der Waals surface area (Å²) in [6.45, 7) is 2.59. The number of ketones is 1. The summed E-state index contributed by atoms with van der Waals surface area (Å²) in [4.78, 5) is 33.3. The topological polar surface area (TPSA) is 63.7 Å². The van der Waals surface area contributed by atoms with E-state index in [1.54, 1.807) is 0 Å². The molecular formula is C7H9NO4. The van der Waals surface area contributed by atoms with E-state index in [4.69, 9.17) is 0 Å². The van der Waals surface area contributed by atoms with Gasteiger partial charge in [0, 0.05) is 0 Å². The maximum absolute atomic E-state index is 11.1. The van der Waals surface area contributed by atoms with E-state index >= 15 is 0 Å². The van der Waals surface area contributed by atoms with Gasteiger partial charge < -0.3 is 4.74 Å². The van der Waals surface area contributed by atoms with Gasteiger partial charge in [0.2, 0.25) is 0 Å². The molecule has 1 aliphatic rings. The molecule has 1 unspecified atom stereocenters. The Bertz CT molecular complexity index is 248. The lowest BCUT2D eigenvalue weighted by Crippen LogP contribution is -2.34. The van der Waals surface area contributed by atoms with E-state index in [-0.39, 0.29) is 12.3 Å². The first kappa shape index (κ1) is 8.70. The Labute approximate surface area is 69.3 Å². The Morgan fingerprint density at radius 3 is 2.50 bits per heavy atom. The average Bonchev–Trinajstić information content (AvgIpc) is 2.16. The molecule has 1 heterocycles. The molecule has 1 atom stereocenters. The van der Waals surface area contributed by atoms with Gasteiger partial charge in [0.15, 0.2) is 6.10 Å². The summed E-state index contributed by atoms with van der Waals surface area (Å²) < 4.78 is 4.57. The molecule has 66 valence electrons. The number of cyclic esters (lactones) is 1. The monoisotopic (exact) mass is 171 g/mol. The second kappa shape index (κ2) is 2.92. The number of hydrogen-bond donors (Lipinski definition) is 0. The van der Waals surface area contributed by atoms with Crippen molar-refractivity contribution in [1.29, 1.82) is 0 Å². The normalized spacial score (nSPS) is 22.8. The van der Waals surface area contributed by atoms with E-state index in [9.17, 15) is 14.4 Å². The van der Waals surface area contributed by atoms with Crippen LogP contribution in [0.4, 0.5) is 4.79 Å². The third-order valence-corrected chi connectivity index (χ3v) is 1.49. The van der Waals surface area contributed by atoms with Crippen molar-refractivity contribution >= 4 is 17.8 Å². The van der Waals surface area contributed by atoms with Gasteiger partial charge in [0.1, 0.15) is 5.78 Å². The Morgan fingerprint density at radius 1 is 1.58 bits per heavy atom. The minimum atomic E-state index is -0.753. The van der Waals surface area contributed by atoms with E-state index in [0.717, 1.165) is 4.90 Å². The highest BCUT2D eigenvalue weighted by Gasteiger charge is 2.37. The van der Waals surface area contributed by atoms with Gasteiger partial charge in [-0.2, -0.15) is 0 Å². The predicted octanol–water partition coefficient (Wildman–Crippen LogP) is -0.0573. The molecule has 0 bridgehead atoms. The second-order valence-corrected chi connectivity index (χ2v) is 2.65. The molecule has 0 aromatic rings. The Morgan fingerprint density at radius 2 is 2.17 bits per heavy atom. The molecule has 0 N–H and O–H groups in total. The van der Waals surface area contributed by atoms with Crippen molar-refractivity contribution in [2.45, 2.75) is 20.0 Å².